The van der Waals surface area contributed by atoms with E-state index >= 15 is 0 Å². The summed E-state index contributed by atoms with van der Waals surface area (Å²) in [6.07, 6.45) is 1.95. The number of likely N-dealkylation sites (N-methyl/N-ethyl adjacent to an activating group) is 1. The zero-order valence-corrected chi connectivity index (χ0v) is 16.9. The van der Waals surface area contributed by atoms with E-state index in [4.69, 9.17) is 4.74 Å². The Labute approximate surface area is 168 Å². The maximum absolute atomic E-state index is 13.3. The summed E-state index contributed by atoms with van der Waals surface area (Å²) in [5, 5.41) is 15.5. The van der Waals surface area contributed by atoms with E-state index in [0.717, 1.165) is 19.4 Å². The molecule has 8 nitrogen and oxygen atoms in total. The number of hydrogen-bond acceptors (Lipinski definition) is 6. The van der Waals surface area contributed by atoms with Gasteiger partial charge in [-0.2, -0.15) is 0 Å². The Balaban J connectivity index is 2.15. The number of hydrogen-bond donors (Lipinski definition) is 2. The smallest absolute Gasteiger partial charge is 0.293 e. The number of pyridine rings is 1. The minimum atomic E-state index is -0.476. The summed E-state index contributed by atoms with van der Waals surface area (Å²) in [6, 6.07) is 8.22. The van der Waals surface area contributed by atoms with E-state index in [1.54, 1.807) is 24.3 Å². The van der Waals surface area contributed by atoms with Gasteiger partial charge in [-0.15, -0.1) is 0 Å². The molecule has 0 aliphatic carbocycles. The zero-order valence-electron chi connectivity index (χ0n) is 16.9. The maximum Gasteiger partial charge on any atom is 0.293 e. The number of anilines is 1. The van der Waals surface area contributed by atoms with Crippen LogP contribution in [0.15, 0.2) is 35.1 Å². The number of nitro groups is 1. The first-order valence-corrected chi connectivity index (χ1v) is 9.71. The number of rotatable bonds is 9. The Morgan fingerprint density at radius 1 is 1.24 bits per heavy atom. The quantitative estimate of drug-likeness (QED) is 0.246. The molecular formula is C21H26N4O4. The van der Waals surface area contributed by atoms with Gasteiger partial charge in [0.25, 0.3) is 5.69 Å². The summed E-state index contributed by atoms with van der Waals surface area (Å²) in [5.41, 5.74) is 0.958. The SMILES string of the molecule is CCCCOc1ccc2[nH]c3c([N+](=O)[O-])ccc(NCCN(C)C)c3c(=O)c2c1. The van der Waals surface area contributed by atoms with E-state index in [2.05, 4.69) is 17.2 Å². The van der Waals surface area contributed by atoms with Crippen molar-refractivity contribution >= 4 is 33.2 Å². The third-order valence-electron chi connectivity index (χ3n) is 4.74. The number of unbranched alkanes of at least 4 members (excludes halogenated alkanes) is 1. The lowest BCUT2D eigenvalue weighted by Gasteiger charge is -2.14. The van der Waals surface area contributed by atoms with Crippen molar-refractivity contribution in [3.05, 3.63) is 50.7 Å². The molecule has 3 rings (SSSR count). The van der Waals surface area contributed by atoms with Gasteiger partial charge < -0.3 is 19.9 Å². The van der Waals surface area contributed by atoms with Crippen LogP contribution in [0.5, 0.6) is 5.75 Å². The highest BCUT2D eigenvalue weighted by atomic mass is 16.6. The van der Waals surface area contributed by atoms with Crippen molar-refractivity contribution in [3.8, 4) is 5.75 Å². The molecule has 0 fully saturated rings. The summed E-state index contributed by atoms with van der Waals surface area (Å²) in [4.78, 5) is 29.5. The normalized spacial score (nSPS) is 11.3. The fourth-order valence-electron chi connectivity index (χ4n) is 3.18. The summed E-state index contributed by atoms with van der Waals surface area (Å²) in [6.45, 7) is 4.03. The van der Waals surface area contributed by atoms with E-state index < -0.39 is 4.92 Å². The zero-order chi connectivity index (χ0) is 21.0. The highest BCUT2D eigenvalue weighted by molar-refractivity contribution is 6.03. The van der Waals surface area contributed by atoms with Crippen LogP contribution >= 0.6 is 0 Å². The second-order valence-electron chi connectivity index (χ2n) is 7.23. The van der Waals surface area contributed by atoms with Gasteiger partial charge in [0.2, 0.25) is 0 Å². The molecule has 3 aromatic rings. The lowest BCUT2D eigenvalue weighted by atomic mass is 10.1. The number of nitro benzene ring substituents is 1. The topological polar surface area (TPSA) is 100 Å². The number of nitrogens with one attached hydrogen (secondary N) is 2. The highest BCUT2D eigenvalue weighted by Gasteiger charge is 2.19. The Hall–Kier alpha value is -3.13. The van der Waals surface area contributed by atoms with Crippen LogP contribution in [0.3, 0.4) is 0 Å². The van der Waals surface area contributed by atoms with Gasteiger partial charge in [-0.25, -0.2) is 0 Å². The molecule has 0 bridgehead atoms. The molecule has 1 heterocycles. The van der Waals surface area contributed by atoms with Crippen molar-refractivity contribution in [1.82, 2.24) is 9.88 Å². The maximum atomic E-state index is 13.3. The van der Waals surface area contributed by atoms with Crippen molar-refractivity contribution in [2.45, 2.75) is 19.8 Å². The number of nitrogens with zero attached hydrogens (tertiary/aromatic N) is 2. The Morgan fingerprint density at radius 3 is 2.72 bits per heavy atom. The molecule has 0 radical (unpaired) electrons. The third-order valence-corrected chi connectivity index (χ3v) is 4.74. The molecule has 0 atom stereocenters. The van der Waals surface area contributed by atoms with Crippen LogP contribution in [-0.4, -0.2) is 48.6 Å². The first-order chi connectivity index (χ1) is 13.9. The Morgan fingerprint density at radius 2 is 2.03 bits per heavy atom. The average Bonchev–Trinajstić information content (AvgIpc) is 2.68. The van der Waals surface area contributed by atoms with Crippen LogP contribution in [-0.2, 0) is 0 Å². The van der Waals surface area contributed by atoms with Crippen molar-refractivity contribution < 1.29 is 9.66 Å². The number of non-ortho nitro benzene ring substituents is 1. The summed E-state index contributed by atoms with van der Waals surface area (Å²) in [7, 11) is 3.91. The van der Waals surface area contributed by atoms with E-state index in [1.807, 2.05) is 19.0 Å². The summed E-state index contributed by atoms with van der Waals surface area (Å²) in [5.74, 6) is 0.614. The van der Waals surface area contributed by atoms with Crippen LogP contribution in [0.1, 0.15) is 19.8 Å². The average molecular weight is 398 g/mol. The molecule has 29 heavy (non-hydrogen) atoms. The molecule has 0 saturated heterocycles. The summed E-state index contributed by atoms with van der Waals surface area (Å²) >= 11 is 0. The van der Waals surface area contributed by atoms with Crippen LogP contribution in [0.4, 0.5) is 11.4 Å². The largest absolute Gasteiger partial charge is 0.494 e. The molecule has 0 amide bonds. The fraction of sp³-hybridized carbons (Fsp3) is 0.381. The molecule has 154 valence electrons. The summed E-state index contributed by atoms with van der Waals surface area (Å²) < 4.78 is 5.72. The number of fused-ring (bicyclic) bond motifs is 2. The minimum Gasteiger partial charge on any atom is -0.494 e. The molecule has 0 unspecified atom stereocenters. The third kappa shape index (κ3) is 4.48. The molecule has 0 saturated carbocycles. The van der Waals surface area contributed by atoms with E-state index in [9.17, 15) is 14.9 Å². The first-order valence-electron chi connectivity index (χ1n) is 9.71. The molecule has 1 aromatic heterocycles. The monoisotopic (exact) mass is 398 g/mol. The van der Waals surface area contributed by atoms with Gasteiger partial charge in [-0.3, -0.25) is 14.9 Å². The predicted molar refractivity (Wildman–Crippen MR) is 116 cm³/mol. The van der Waals surface area contributed by atoms with Gasteiger partial charge in [0, 0.05) is 30.2 Å². The van der Waals surface area contributed by atoms with Crippen LogP contribution in [0.2, 0.25) is 0 Å². The molecule has 2 aromatic carbocycles. The number of benzene rings is 2. The standard InChI is InChI=1S/C21H26N4O4/c1-4-5-12-29-14-6-7-16-15(13-14)21(26)19-17(22-10-11-24(2)3)8-9-18(25(27)28)20(19)23-16/h6-9,13,22H,4-5,10-12H2,1-3H3,(H,23,26). The molecule has 0 aliphatic rings. The van der Waals surface area contributed by atoms with Crippen LogP contribution in [0.25, 0.3) is 21.8 Å². The molecule has 8 heteroatoms. The molecule has 2 N–H and O–H groups in total. The Kier molecular flexibility index (Phi) is 6.33. The van der Waals surface area contributed by atoms with E-state index in [1.165, 1.54) is 6.07 Å². The van der Waals surface area contributed by atoms with Crippen LogP contribution in [0, 0.1) is 10.1 Å². The van der Waals surface area contributed by atoms with Crippen LogP contribution < -0.4 is 15.5 Å². The molecular weight excluding hydrogens is 372 g/mol. The van der Waals surface area contributed by atoms with Gasteiger partial charge in [0.05, 0.1) is 22.4 Å². The van der Waals surface area contributed by atoms with E-state index in [-0.39, 0.29) is 22.0 Å². The van der Waals surface area contributed by atoms with Gasteiger partial charge in [-0.05, 0) is 44.8 Å². The van der Waals surface area contributed by atoms with Gasteiger partial charge in [-0.1, -0.05) is 13.3 Å². The lowest BCUT2D eigenvalue weighted by Crippen LogP contribution is -2.21. The second kappa shape index (κ2) is 8.91. The number of aromatic nitrogens is 1. The number of ether oxygens (including phenoxy) is 1. The fourth-order valence-corrected chi connectivity index (χ4v) is 3.18. The van der Waals surface area contributed by atoms with Crippen molar-refractivity contribution in [3.63, 3.8) is 0 Å². The predicted octanol–water partition coefficient (Wildman–Crippen LogP) is 3.74. The van der Waals surface area contributed by atoms with Crippen molar-refractivity contribution in [2.75, 3.05) is 39.1 Å². The number of H-pyrrole nitrogens is 1. The van der Waals surface area contributed by atoms with E-state index in [0.29, 0.717) is 35.5 Å². The molecule has 0 aliphatic heterocycles. The highest BCUT2D eigenvalue weighted by Crippen LogP contribution is 2.30. The Bertz CT molecular complexity index is 1090. The van der Waals surface area contributed by atoms with Crippen molar-refractivity contribution in [1.29, 1.82) is 0 Å². The number of aromatic amines is 1. The van der Waals surface area contributed by atoms with Gasteiger partial charge in [0.1, 0.15) is 11.3 Å². The lowest BCUT2D eigenvalue weighted by molar-refractivity contribution is -0.383. The van der Waals surface area contributed by atoms with Gasteiger partial charge in [0.15, 0.2) is 5.43 Å². The second-order valence-corrected chi connectivity index (χ2v) is 7.23. The first kappa shape index (κ1) is 20.6. The molecule has 0 spiro atoms. The van der Waals surface area contributed by atoms with Gasteiger partial charge >= 0.3 is 0 Å². The van der Waals surface area contributed by atoms with Crippen molar-refractivity contribution in [2.24, 2.45) is 0 Å². The minimum absolute atomic E-state index is 0.125.